The van der Waals surface area contributed by atoms with Crippen LogP contribution in [0.2, 0.25) is 0 Å². The number of carbonyl (C=O) groups is 1. The van der Waals surface area contributed by atoms with Gasteiger partial charge in [0, 0.05) is 6.54 Å². The Hall–Kier alpha value is -3.00. The van der Waals surface area contributed by atoms with Crippen LogP contribution in [0.15, 0.2) is 36.8 Å². The van der Waals surface area contributed by atoms with E-state index in [9.17, 15) is 9.90 Å². The van der Waals surface area contributed by atoms with E-state index in [1.54, 1.807) is 24.4 Å². The number of nitrogens with zero attached hydrogens (tertiary/aromatic N) is 4. The highest BCUT2D eigenvalue weighted by Gasteiger charge is 2.16. The van der Waals surface area contributed by atoms with Crippen molar-refractivity contribution in [3.8, 4) is 5.69 Å². The van der Waals surface area contributed by atoms with Crippen LogP contribution in [0.3, 0.4) is 0 Å². The highest BCUT2D eigenvalue weighted by molar-refractivity contribution is 5.93. The molecule has 0 aliphatic heterocycles. The van der Waals surface area contributed by atoms with Gasteiger partial charge in [0.15, 0.2) is 5.65 Å². The Morgan fingerprint density at radius 2 is 2.13 bits per heavy atom. The van der Waals surface area contributed by atoms with Crippen LogP contribution in [0.4, 0.5) is 5.82 Å². The number of fused-ring (bicyclic) bond motifs is 1. The fraction of sp³-hybridized carbons (Fsp3) is 0.200. The molecule has 0 spiro atoms. The van der Waals surface area contributed by atoms with Gasteiger partial charge in [0.25, 0.3) is 0 Å². The van der Waals surface area contributed by atoms with E-state index in [2.05, 4.69) is 20.4 Å². The standard InChI is InChI=1S/C15H16N6O2/c16-6-3-7-17-13-11-8-20-21(14(11)19-9-18-13)12-5-2-1-4-10(12)15(22)23/h1-2,4-5,8-9H,3,6-7,16H2,(H,22,23)(H,17,18,19). The molecule has 0 aliphatic rings. The molecule has 3 rings (SSSR count). The first-order chi connectivity index (χ1) is 11.2. The first kappa shape index (κ1) is 14.9. The predicted molar refractivity (Wildman–Crippen MR) is 85.8 cm³/mol. The third kappa shape index (κ3) is 2.84. The maximum absolute atomic E-state index is 11.4. The van der Waals surface area contributed by atoms with E-state index >= 15 is 0 Å². The molecule has 118 valence electrons. The molecule has 0 aliphatic carbocycles. The molecule has 8 heteroatoms. The first-order valence-electron chi connectivity index (χ1n) is 7.17. The van der Waals surface area contributed by atoms with Gasteiger partial charge in [-0.2, -0.15) is 5.10 Å². The molecule has 0 radical (unpaired) electrons. The lowest BCUT2D eigenvalue weighted by atomic mass is 10.2. The predicted octanol–water partition coefficient (Wildman–Crippen LogP) is 1.27. The van der Waals surface area contributed by atoms with Gasteiger partial charge in [-0.25, -0.2) is 19.4 Å². The number of aromatic carboxylic acids is 1. The van der Waals surface area contributed by atoms with Crippen LogP contribution >= 0.6 is 0 Å². The van der Waals surface area contributed by atoms with Gasteiger partial charge in [-0.15, -0.1) is 0 Å². The molecule has 4 N–H and O–H groups in total. The molecule has 0 unspecified atom stereocenters. The number of carboxylic acids is 1. The van der Waals surface area contributed by atoms with Gasteiger partial charge >= 0.3 is 5.97 Å². The molecule has 3 aromatic rings. The van der Waals surface area contributed by atoms with Gasteiger partial charge in [0.2, 0.25) is 0 Å². The van der Waals surface area contributed by atoms with Crippen molar-refractivity contribution in [1.29, 1.82) is 0 Å². The van der Waals surface area contributed by atoms with Crippen molar-refractivity contribution >= 4 is 22.8 Å². The third-order valence-electron chi connectivity index (χ3n) is 3.40. The van der Waals surface area contributed by atoms with Crippen molar-refractivity contribution in [3.05, 3.63) is 42.4 Å². The van der Waals surface area contributed by atoms with Gasteiger partial charge in [-0.05, 0) is 25.1 Å². The Balaban J connectivity index is 2.07. The van der Waals surface area contributed by atoms with Gasteiger partial charge in [-0.3, -0.25) is 0 Å². The summed E-state index contributed by atoms with van der Waals surface area (Å²) >= 11 is 0. The third-order valence-corrected chi connectivity index (χ3v) is 3.40. The number of nitrogens with one attached hydrogen (secondary N) is 1. The number of anilines is 1. The molecule has 0 saturated carbocycles. The summed E-state index contributed by atoms with van der Waals surface area (Å²) in [5.74, 6) is -0.359. The maximum atomic E-state index is 11.4. The van der Waals surface area contributed by atoms with Crippen LogP contribution in [-0.2, 0) is 0 Å². The lowest BCUT2D eigenvalue weighted by molar-refractivity contribution is 0.0697. The Morgan fingerprint density at radius 3 is 2.91 bits per heavy atom. The smallest absolute Gasteiger partial charge is 0.337 e. The maximum Gasteiger partial charge on any atom is 0.337 e. The zero-order chi connectivity index (χ0) is 16.2. The van der Waals surface area contributed by atoms with E-state index in [4.69, 9.17) is 5.73 Å². The second-order valence-corrected chi connectivity index (χ2v) is 4.91. The van der Waals surface area contributed by atoms with Crippen molar-refractivity contribution in [2.24, 2.45) is 5.73 Å². The van der Waals surface area contributed by atoms with Crippen LogP contribution < -0.4 is 11.1 Å². The number of hydrogen-bond donors (Lipinski definition) is 3. The summed E-state index contributed by atoms with van der Waals surface area (Å²) in [5.41, 5.74) is 6.65. The Bertz CT molecular complexity index is 845. The monoisotopic (exact) mass is 312 g/mol. The molecule has 2 aromatic heterocycles. The van der Waals surface area contributed by atoms with Crippen LogP contribution in [0, 0.1) is 0 Å². The molecule has 23 heavy (non-hydrogen) atoms. The van der Waals surface area contributed by atoms with Crippen molar-refractivity contribution in [1.82, 2.24) is 19.7 Å². The number of hydrogen-bond acceptors (Lipinski definition) is 6. The molecule has 2 heterocycles. The minimum atomic E-state index is -1.01. The largest absolute Gasteiger partial charge is 0.478 e. The molecule has 0 amide bonds. The molecule has 1 aromatic carbocycles. The van der Waals surface area contributed by atoms with Crippen LogP contribution in [-0.4, -0.2) is 43.9 Å². The van der Waals surface area contributed by atoms with E-state index in [1.165, 1.54) is 17.1 Å². The Kier molecular flexibility index (Phi) is 4.15. The van der Waals surface area contributed by atoms with Crippen LogP contribution in [0.5, 0.6) is 0 Å². The van der Waals surface area contributed by atoms with Gasteiger partial charge in [-0.1, -0.05) is 12.1 Å². The number of nitrogens with two attached hydrogens (primary N) is 1. The van der Waals surface area contributed by atoms with E-state index in [-0.39, 0.29) is 5.56 Å². The van der Waals surface area contributed by atoms with E-state index in [0.717, 1.165) is 11.8 Å². The van der Waals surface area contributed by atoms with Gasteiger partial charge in [0.1, 0.15) is 12.1 Å². The zero-order valence-corrected chi connectivity index (χ0v) is 12.3. The van der Waals surface area contributed by atoms with E-state index < -0.39 is 5.97 Å². The van der Waals surface area contributed by atoms with Crippen molar-refractivity contribution in [2.45, 2.75) is 6.42 Å². The second-order valence-electron chi connectivity index (χ2n) is 4.91. The van der Waals surface area contributed by atoms with Crippen molar-refractivity contribution in [3.63, 3.8) is 0 Å². The summed E-state index contributed by atoms with van der Waals surface area (Å²) < 4.78 is 1.51. The van der Waals surface area contributed by atoms with Crippen LogP contribution in [0.25, 0.3) is 16.7 Å². The Labute approximate surface area is 132 Å². The van der Waals surface area contributed by atoms with Gasteiger partial charge in [0.05, 0.1) is 22.8 Å². The van der Waals surface area contributed by atoms with Gasteiger partial charge < -0.3 is 16.2 Å². The zero-order valence-electron chi connectivity index (χ0n) is 12.3. The molecule has 0 saturated heterocycles. The number of para-hydroxylation sites is 1. The summed E-state index contributed by atoms with van der Waals surface area (Å²) in [6.45, 7) is 1.28. The lowest BCUT2D eigenvalue weighted by Crippen LogP contribution is -2.10. The average Bonchev–Trinajstić information content (AvgIpc) is 3.00. The lowest BCUT2D eigenvalue weighted by Gasteiger charge is -2.08. The highest BCUT2D eigenvalue weighted by Crippen LogP contribution is 2.23. The SMILES string of the molecule is NCCCNc1ncnc2c1cnn2-c1ccccc1C(=O)O. The summed E-state index contributed by atoms with van der Waals surface area (Å²) in [4.78, 5) is 19.8. The summed E-state index contributed by atoms with van der Waals surface area (Å²) in [7, 11) is 0. The number of aromatic nitrogens is 4. The molecule has 0 atom stereocenters. The molecular formula is C15H16N6O2. The quantitative estimate of drug-likeness (QED) is 0.586. The van der Waals surface area contributed by atoms with E-state index in [0.29, 0.717) is 30.2 Å². The average molecular weight is 312 g/mol. The minimum Gasteiger partial charge on any atom is -0.478 e. The topological polar surface area (TPSA) is 119 Å². The molecule has 0 bridgehead atoms. The first-order valence-corrected chi connectivity index (χ1v) is 7.17. The Morgan fingerprint density at radius 1 is 1.30 bits per heavy atom. The van der Waals surface area contributed by atoms with Crippen molar-refractivity contribution in [2.75, 3.05) is 18.4 Å². The summed E-state index contributed by atoms with van der Waals surface area (Å²) in [5, 5.41) is 17.5. The fourth-order valence-corrected chi connectivity index (χ4v) is 2.31. The number of carboxylic acid groups (broad SMARTS) is 1. The molecule has 0 fully saturated rings. The van der Waals surface area contributed by atoms with E-state index in [1.807, 2.05) is 0 Å². The molecule has 8 nitrogen and oxygen atoms in total. The van der Waals surface area contributed by atoms with Crippen LogP contribution in [0.1, 0.15) is 16.8 Å². The number of benzene rings is 1. The highest BCUT2D eigenvalue weighted by atomic mass is 16.4. The molecular weight excluding hydrogens is 296 g/mol. The summed E-state index contributed by atoms with van der Waals surface area (Å²) in [6.07, 6.45) is 3.87. The fourth-order valence-electron chi connectivity index (χ4n) is 2.31. The normalized spacial score (nSPS) is 10.8. The minimum absolute atomic E-state index is 0.161. The number of rotatable bonds is 6. The summed E-state index contributed by atoms with van der Waals surface area (Å²) in [6, 6.07) is 6.66. The van der Waals surface area contributed by atoms with Crippen molar-refractivity contribution < 1.29 is 9.90 Å². The second kappa shape index (κ2) is 6.41.